The monoisotopic (exact) mass is 379 g/mol. The van der Waals surface area contributed by atoms with Crippen molar-refractivity contribution < 1.29 is 9.59 Å². The highest BCUT2D eigenvalue weighted by Gasteiger charge is 2.41. The first kappa shape index (κ1) is 20.1. The largest absolute Gasteiger partial charge is 0.353 e. The molecule has 1 aliphatic rings. The highest BCUT2D eigenvalue weighted by atomic mass is 16.2. The molecular weight excluding hydrogens is 350 g/mol. The maximum Gasteiger partial charge on any atom is 0.241 e. The van der Waals surface area contributed by atoms with E-state index in [0.29, 0.717) is 6.54 Å². The van der Waals surface area contributed by atoms with Crippen molar-refractivity contribution in [1.29, 1.82) is 0 Å². The van der Waals surface area contributed by atoms with Gasteiger partial charge in [0, 0.05) is 12.2 Å². The summed E-state index contributed by atoms with van der Waals surface area (Å²) in [6.45, 7) is 4.38. The molecule has 148 valence electrons. The van der Waals surface area contributed by atoms with E-state index < -0.39 is 11.5 Å². The minimum atomic E-state index is -0.734. The maximum atomic E-state index is 13.1. The van der Waals surface area contributed by atoms with E-state index in [-0.39, 0.29) is 11.8 Å². The van der Waals surface area contributed by atoms with E-state index >= 15 is 0 Å². The summed E-state index contributed by atoms with van der Waals surface area (Å²) in [6.07, 6.45) is 3.51. The van der Waals surface area contributed by atoms with Gasteiger partial charge in [0.15, 0.2) is 0 Å². The first-order valence-corrected chi connectivity index (χ1v) is 9.88. The quantitative estimate of drug-likeness (QED) is 0.717. The lowest BCUT2D eigenvalue weighted by Crippen LogP contribution is -2.46. The second-order valence-corrected chi connectivity index (χ2v) is 7.85. The molecule has 2 aromatic rings. The molecule has 0 radical (unpaired) electrons. The summed E-state index contributed by atoms with van der Waals surface area (Å²) in [6, 6.07) is 14.5. The Balaban J connectivity index is 1.67. The molecule has 4 N–H and O–H groups in total. The lowest BCUT2D eigenvalue weighted by atomic mass is 9.84. The summed E-state index contributed by atoms with van der Waals surface area (Å²) in [5.41, 5.74) is 9.40. The molecule has 28 heavy (non-hydrogen) atoms. The highest BCUT2D eigenvalue weighted by molar-refractivity contribution is 5.96. The number of carbonyl (C=O) groups excluding carboxylic acids is 2. The molecule has 0 bridgehead atoms. The van der Waals surface area contributed by atoms with E-state index in [1.807, 2.05) is 62.4 Å². The third kappa shape index (κ3) is 4.42. The van der Waals surface area contributed by atoms with Crippen molar-refractivity contribution in [3.63, 3.8) is 0 Å². The molecule has 2 aromatic carbocycles. The standard InChI is InChI=1S/C23H29N3O2/c1-16-10-11-19(14-17(16)2)26-22(28)23(12-6-7-13-23)15-25-21(27)20(24)18-8-4-3-5-9-18/h3-5,8-11,14,20H,6-7,12-13,15,24H2,1-2H3,(H,25,27)(H,26,28). The van der Waals surface area contributed by atoms with Crippen LogP contribution >= 0.6 is 0 Å². The van der Waals surface area contributed by atoms with Gasteiger partial charge in [-0.2, -0.15) is 0 Å². The Bertz CT molecular complexity index is 842. The molecule has 0 saturated heterocycles. The third-order valence-corrected chi connectivity index (χ3v) is 5.85. The number of hydrogen-bond donors (Lipinski definition) is 3. The van der Waals surface area contributed by atoms with Crippen LogP contribution in [0.3, 0.4) is 0 Å². The zero-order valence-electron chi connectivity index (χ0n) is 16.6. The lowest BCUT2D eigenvalue weighted by Gasteiger charge is -2.28. The summed E-state index contributed by atoms with van der Waals surface area (Å²) in [5, 5.41) is 5.98. The van der Waals surface area contributed by atoms with E-state index in [1.54, 1.807) is 0 Å². The van der Waals surface area contributed by atoms with Gasteiger partial charge in [0.25, 0.3) is 0 Å². The number of anilines is 1. The molecule has 5 heteroatoms. The Kier molecular flexibility index (Phi) is 6.15. The molecule has 1 aliphatic carbocycles. The Morgan fingerprint density at radius 1 is 1.04 bits per heavy atom. The van der Waals surface area contributed by atoms with Gasteiger partial charge in [-0.1, -0.05) is 49.2 Å². The minimum Gasteiger partial charge on any atom is -0.353 e. The molecular formula is C23H29N3O2. The minimum absolute atomic E-state index is 0.0261. The Labute approximate surface area is 166 Å². The van der Waals surface area contributed by atoms with Crippen LogP contribution in [0.25, 0.3) is 0 Å². The second kappa shape index (κ2) is 8.57. The van der Waals surface area contributed by atoms with E-state index in [4.69, 9.17) is 5.73 Å². The molecule has 0 aromatic heterocycles. The topological polar surface area (TPSA) is 84.2 Å². The molecule has 1 unspecified atom stereocenters. The van der Waals surface area contributed by atoms with E-state index in [9.17, 15) is 9.59 Å². The molecule has 1 saturated carbocycles. The number of hydrogen-bond acceptors (Lipinski definition) is 3. The predicted octanol–water partition coefficient (Wildman–Crippen LogP) is 3.62. The molecule has 0 heterocycles. The number of carbonyl (C=O) groups is 2. The summed E-state index contributed by atoms with van der Waals surface area (Å²) < 4.78 is 0. The van der Waals surface area contributed by atoms with Crippen LogP contribution in [0.2, 0.25) is 0 Å². The first-order valence-electron chi connectivity index (χ1n) is 9.88. The average Bonchev–Trinajstić information content (AvgIpc) is 3.19. The maximum absolute atomic E-state index is 13.1. The zero-order valence-corrected chi connectivity index (χ0v) is 16.6. The predicted molar refractivity (Wildman–Crippen MR) is 112 cm³/mol. The Morgan fingerprint density at radius 2 is 1.71 bits per heavy atom. The van der Waals surface area contributed by atoms with Crippen LogP contribution < -0.4 is 16.4 Å². The van der Waals surface area contributed by atoms with Crippen molar-refractivity contribution in [1.82, 2.24) is 5.32 Å². The van der Waals surface area contributed by atoms with Crippen LogP contribution in [0.15, 0.2) is 48.5 Å². The number of benzene rings is 2. The van der Waals surface area contributed by atoms with Crippen molar-refractivity contribution in [3.8, 4) is 0 Å². The van der Waals surface area contributed by atoms with Crippen LogP contribution in [0.1, 0.15) is 48.4 Å². The number of amides is 2. The molecule has 5 nitrogen and oxygen atoms in total. The number of nitrogens with one attached hydrogen (secondary N) is 2. The van der Waals surface area contributed by atoms with Crippen molar-refractivity contribution in [2.75, 3.05) is 11.9 Å². The summed E-state index contributed by atoms with van der Waals surface area (Å²) in [7, 11) is 0. The molecule has 3 rings (SSSR count). The van der Waals surface area contributed by atoms with Gasteiger partial charge in [0.05, 0.1) is 5.41 Å². The van der Waals surface area contributed by atoms with Gasteiger partial charge in [0.2, 0.25) is 11.8 Å². The lowest BCUT2D eigenvalue weighted by molar-refractivity contribution is -0.127. The van der Waals surface area contributed by atoms with Crippen molar-refractivity contribution >= 4 is 17.5 Å². The molecule has 2 amide bonds. The van der Waals surface area contributed by atoms with Gasteiger partial charge in [0.1, 0.15) is 6.04 Å². The smallest absolute Gasteiger partial charge is 0.241 e. The van der Waals surface area contributed by atoms with E-state index in [0.717, 1.165) is 42.5 Å². The van der Waals surface area contributed by atoms with Gasteiger partial charge in [-0.15, -0.1) is 0 Å². The van der Waals surface area contributed by atoms with Gasteiger partial charge in [-0.25, -0.2) is 0 Å². The van der Waals surface area contributed by atoms with Gasteiger partial charge in [-0.05, 0) is 55.5 Å². The SMILES string of the molecule is Cc1ccc(NC(=O)C2(CNC(=O)C(N)c3ccccc3)CCCC2)cc1C. The number of nitrogens with two attached hydrogens (primary N) is 1. The fourth-order valence-electron chi connectivity index (χ4n) is 3.80. The van der Waals surface area contributed by atoms with Crippen molar-refractivity contribution in [2.24, 2.45) is 11.1 Å². The normalized spacial score (nSPS) is 16.4. The van der Waals surface area contributed by atoms with Crippen LogP contribution in [0.5, 0.6) is 0 Å². The van der Waals surface area contributed by atoms with Crippen LogP contribution in [-0.4, -0.2) is 18.4 Å². The van der Waals surface area contributed by atoms with Crippen LogP contribution in [0.4, 0.5) is 5.69 Å². The van der Waals surface area contributed by atoms with Crippen molar-refractivity contribution in [2.45, 2.75) is 45.6 Å². The highest BCUT2D eigenvalue weighted by Crippen LogP contribution is 2.39. The summed E-state index contributed by atoms with van der Waals surface area (Å²) in [4.78, 5) is 25.6. The molecule has 0 spiro atoms. The molecule has 1 fully saturated rings. The Morgan fingerprint density at radius 3 is 2.36 bits per heavy atom. The van der Waals surface area contributed by atoms with Crippen LogP contribution in [0, 0.1) is 19.3 Å². The average molecular weight is 380 g/mol. The third-order valence-electron chi connectivity index (χ3n) is 5.85. The van der Waals surface area contributed by atoms with E-state index in [1.165, 1.54) is 5.56 Å². The van der Waals surface area contributed by atoms with Crippen molar-refractivity contribution in [3.05, 3.63) is 65.2 Å². The zero-order chi connectivity index (χ0) is 20.1. The van der Waals surface area contributed by atoms with E-state index in [2.05, 4.69) is 10.6 Å². The van der Waals surface area contributed by atoms with Crippen LogP contribution in [-0.2, 0) is 9.59 Å². The fraction of sp³-hybridized carbons (Fsp3) is 0.391. The molecule has 0 aliphatic heterocycles. The molecule has 1 atom stereocenters. The number of rotatable bonds is 6. The second-order valence-electron chi connectivity index (χ2n) is 7.85. The van der Waals surface area contributed by atoms with Gasteiger partial charge in [-0.3, -0.25) is 9.59 Å². The summed E-state index contributed by atoms with van der Waals surface area (Å²) in [5.74, 6) is -0.279. The summed E-state index contributed by atoms with van der Waals surface area (Å²) >= 11 is 0. The number of aryl methyl sites for hydroxylation is 2. The Hall–Kier alpha value is -2.66. The van der Waals surface area contributed by atoms with Gasteiger partial charge >= 0.3 is 0 Å². The van der Waals surface area contributed by atoms with Gasteiger partial charge < -0.3 is 16.4 Å². The first-order chi connectivity index (χ1) is 13.4. The fourth-order valence-corrected chi connectivity index (χ4v) is 3.80.